The van der Waals surface area contributed by atoms with Crippen LogP contribution in [-0.2, 0) is 6.54 Å². The maximum Gasteiger partial charge on any atom is 0.258 e. The highest BCUT2D eigenvalue weighted by Crippen LogP contribution is 2.20. The lowest BCUT2D eigenvalue weighted by Gasteiger charge is -2.11. The third-order valence-electron chi connectivity index (χ3n) is 3.07. The maximum atomic E-state index is 13.6. The van der Waals surface area contributed by atoms with Crippen LogP contribution in [0.5, 0.6) is 0 Å². The van der Waals surface area contributed by atoms with Crippen LogP contribution in [0.1, 0.15) is 21.5 Å². The molecule has 0 spiro atoms. The molecule has 6 heteroatoms. The molecule has 0 fully saturated rings. The van der Waals surface area contributed by atoms with Gasteiger partial charge in [0.15, 0.2) is 17.5 Å². The van der Waals surface area contributed by atoms with Crippen molar-refractivity contribution in [2.24, 2.45) is 5.73 Å². The Kier molecular flexibility index (Phi) is 4.28. The second kappa shape index (κ2) is 5.97. The quantitative estimate of drug-likeness (QED) is 0.855. The van der Waals surface area contributed by atoms with Crippen molar-refractivity contribution in [2.45, 2.75) is 13.5 Å². The van der Waals surface area contributed by atoms with E-state index in [1.807, 2.05) is 0 Å². The Morgan fingerprint density at radius 2 is 1.86 bits per heavy atom. The summed E-state index contributed by atoms with van der Waals surface area (Å²) in [5.41, 5.74) is 6.90. The van der Waals surface area contributed by atoms with Crippen LogP contribution in [0.25, 0.3) is 0 Å². The van der Waals surface area contributed by atoms with Gasteiger partial charge in [-0.15, -0.1) is 0 Å². The van der Waals surface area contributed by atoms with Crippen LogP contribution in [0.4, 0.5) is 18.9 Å². The molecule has 0 aliphatic rings. The number of nitrogens with two attached hydrogens (primary N) is 1. The number of carbonyl (C=O) groups is 1. The molecule has 0 aromatic heterocycles. The average Bonchev–Trinajstić information content (AvgIpc) is 2.47. The summed E-state index contributed by atoms with van der Waals surface area (Å²) in [6.07, 6.45) is 0. The van der Waals surface area contributed by atoms with Gasteiger partial charge >= 0.3 is 0 Å². The van der Waals surface area contributed by atoms with Crippen molar-refractivity contribution >= 4 is 11.6 Å². The van der Waals surface area contributed by atoms with E-state index in [1.54, 1.807) is 25.1 Å². The molecule has 2 aromatic carbocycles. The average molecular weight is 294 g/mol. The van der Waals surface area contributed by atoms with E-state index in [0.717, 1.165) is 17.2 Å². The van der Waals surface area contributed by atoms with Gasteiger partial charge < -0.3 is 11.1 Å². The minimum atomic E-state index is -1.67. The van der Waals surface area contributed by atoms with Crippen molar-refractivity contribution in [1.82, 2.24) is 0 Å². The van der Waals surface area contributed by atoms with E-state index in [-0.39, 0.29) is 6.54 Å². The molecule has 0 bridgehead atoms. The molecule has 0 aliphatic carbocycles. The van der Waals surface area contributed by atoms with Gasteiger partial charge in [-0.2, -0.15) is 0 Å². The molecule has 21 heavy (non-hydrogen) atoms. The Morgan fingerprint density at radius 1 is 1.14 bits per heavy atom. The standard InChI is InChI=1S/C15H13F3N2O/c1-8-2-3-9(7-19)6-12(8)20-15(21)10-4-5-11(16)14(18)13(10)17/h2-6H,7,19H2,1H3,(H,20,21). The van der Waals surface area contributed by atoms with E-state index < -0.39 is 28.9 Å². The normalized spacial score (nSPS) is 10.5. The van der Waals surface area contributed by atoms with E-state index in [2.05, 4.69) is 5.32 Å². The number of nitrogens with one attached hydrogen (secondary N) is 1. The van der Waals surface area contributed by atoms with E-state index in [0.29, 0.717) is 11.8 Å². The monoisotopic (exact) mass is 294 g/mol. The fraction of sp³-hybridized carbons (Fsp3) is 0.133. The Balaban J connectivity index is 2.32. The molecular weight excluding hydrogens is 281 g/mol. The highest BCUT2D eigenvalue weighted by atomic mass is 19.2. The maximum absolute atomic E-state index is 13.6. The Hall–Kier alpha value is -2.34. The summed E-state index contributed by atoms with van der Waals surface area (Å²) in [5.74, 6) is -5.38. The number of hydrogen-bond donors (Lipinski definition) is 2. The van der Waals surface area contributed by atoms with Crippen LogP contribution in [-0.4, -0.2) is 5.91 Å². The second-order valence-corrected chi connectivity index (χ2v) is 4.53. The van der Waals surface area contributed by atoms with Crippen LogP contribution in [0, 0.1) is 24.4 Å². The molecule has 0 heterocycles. The minimum Gasteiger partial charge on any atom is -0.326 e. The predicted molar refractivity (Wildman–Crippen MR) is 73.3 cm³/mol. The van der Waals surface area contributed by atoms with Gasteiger partial charge in [-0.3, -0.25) is 4.79 Å². The molecule has 0 unspecified atom stereocenters. The van der Waals surface area contributed by atoms with Crippen molar-refractivity contribution in [1.29, 1.82) is 0 Å². The fourth-order valence-corrected chi connectivity index (χ4v) is 1.82. The number of hydrogen-bond acceptors (Lipinski definition) is 2. The number of benzene rings is 2. The molecule has 2 aromatic rings. The summed E-state index contributed by atoms with van der Waals surface area (Å²) < 4.78 is 39.6. The van der Waals surface area contributed by atoms with E-state index >= 15 is 0 Å². The van der Waals surface area contributed by atoms with Crippen molar-refractivity contribution in [2.75, 3.05) is 5.32 Å². The van der Waals surface area contributed by atoms with Crippen LogP contribution in [0.2, 0.25) is 0 Å². The predicted octanol–water partition coefficient (Wildman–Crippen LogP) is 3.12. The fourth-order valence-electron chi connectivity index (χ4n) is 1.82. The smallest absolute Gasteiger partial charge is 0.258 e. The number of anilines is 1. The molecule has 0 saturated carbocycles. The summed E-state index contributed by atoms with van der Waals surface area (Å²) >= 11 is 0. The lowest BCUT2D eigenvalue weighted by molar-refractivity contribution is 0.102. The number of amides is 1. The van der Waals surface area contributed by atoms with Gasteiger partial charge in [0, 0.05) is 12.2 Å². The van der Waals surface area contributed by atoms with E-state index in [4.69, 9.17) is 5.73 Å². The Labute approximate surface area is 119 Å². The first-order chi connectivity index (χ1) is 9.93. The lowest BCUT2D eigenvalue weighted by atomic mass is 10.1. The molecule has 2 rings (SSSR count). The third-order valence-corrected chi connectivity index (χ3v) is 3.07. The van der Waals surface area contributed by atoms with Gasteiger partial charge in [0.2, 0.25) is 0 Å². The van der Waals surface area contributed by atoms with Crippen molar-refractivity contribution in [3.63, 3.8) is 0 Å². The third kappa shape index (κ3) is 3.05. The highest BCUT2D eigenvalue weighted by molar-refractivity contribution is 6.04. The van der Waals surface area contributed by atoms with Gasteiger partial charge in [-0.05, 0) is 36.2 Å². The van der Waals surface area contributed by atoms with Crippen molar-refractivity contribution in [3.8, 4) is 0 Å². The first-order valence-corrected chi connectivity index (χ1v) is 6.18. The van der Waals surface area contributed by atoms with Crippen LogP contribution in [0.3, 0.4) is 0 Å². The van der Waals surface area contributed by atoms with Crippen LogP contribution < -0.4 is 11.1 Å². The summed E-state index contributed by atoms with van der Waals surface area (Å²) in [7, 11) is 0. The highest BCUT2D eigenvalue weighted by Gasteiger charge is 2.19. The SMILES string of the molecule is Cc1ccc(CN)cc1NC(=O)c1ccc(F)c(F)c1F. The molecule has 3 N–H and O–H groups in total. The number of aryl methyl sites for hydroxylation is 1. The molecule has 1 amide bonds. The number of carbonyl (C=O) groups excluding carboxylic acids is 1. The topological polar surface area (TPSA) is 55.1 Å². The summed E-state index contributed by atoms with van der Waals surface area (Å²) in [4.78, 5) is 12.0. The summed E-state index contributed by atoms with van der Waals surface area (Å²) in [5, 5.41) is 2.47. The molecular formula is C15H13F3N2O. The summed E-state index contributed by atoms with van der Waals surface area (Å²) in [6, 6.07) is 6.79. The molecule has 0 aliphatic heterocycles. The minimum absolute atomic E-state index is 0.280. The van der Waals surface area contributed by atoms with Gasteiger partial charge in [0.1, 0.15) is 0 Å². The first kappa shape index (κ1) is 15.1. The van der Waals surface area contributed by atoms with Crippen LogP contribution in [0.15, 0.2) is 30.3 Å². The number of rotatable bonds is 3. The van der Waals surface area contributed by atoms with Gasteiger partial charge in [-0.25, -0.2) is 13.2 Å². The Bertz CT molecular complexity index is 702. The zero-order chi connectivity index (χ0) is 15.6. The number of halogens is 3. The zero-order valence-electron chi connectivity index (χ0n) is 11.2. The summed E-state index contributed by atoms with van der Waals surface area (Å²) in [6.45, 7) is 2.03. The van der Waals surface area contributed by atoms with Crippen molar-refractivity contribution < 1.29 is 18.0 Å². The van der Waals surface area contributed by atoms with Gasteiger partial charge in [0.25, 0.3) is 5.91 Å². The molecule has 110 valence electrons. The Morgan fingerprint density at radius 3 is 2.52 bits per heavy atom. The molecule has 0 atom stereocenters. The van der Waals surface area contributed by atoms with Gasteiger partial charge in [0.05, 0.1) is 5.56 Å². The molecule has 0 radical (unpaired) electrons. The molecule has 3 nitrogen and oxygen atoms in total. The first-order valence-electron chi connectivity index (χ1n) is 6.18. The molecule has 0 saturated heterocycles. The van der Waals surface area contributed by atoms with E-state index in [9.17, 15) is 18.0 Å². The van der Waals surface area contributed by atoms with E-state index in [1.165, 1.54) is 0 Å². The largest absolute Gasteiger partial charge is 0.326 e. The van der Waals surface area contributed by atoms with Crippen molar-refractivity contribution in [3.05, 3.63) is 64.5 Å². The zero-order valence-corrected chi connectivity index (χ0v) is 11.2. The second-order valence-electron chi connectivity index (χ2n) is 4.53. The van der Waals surface area contributed by atoms with Crippen LogP contribution >= 0.6 is 0 Å². The lowest BCUT2D eigenvalue weighted by Crippen LogP contribution is -2.16. The van der Waals surface area contributed by atoms with Gasteiger partial charge in [-0.1, -0.05) is 12.1 Å².